The van der Waals surface area contributed by atoms with E-state index < -0.39 is 17.8 Å². The molecule has 3 aromatic rings. The molecule has 5 nitrogen and oxygen atoms in total. The van der Waals surface area contributed by atoms with Crippen molar-refractivity contribution >= 4 is 43.4 Å². The lowest BCUT2D eigenvalue weighted by molar-refractivity contribution is -0.142. The molecule has 0 saturated heterocycles. The van der Waals surface area contributed by atoms with Gasteiger partial charge in [0, 0.05) is 16.6 Å². The maximum atomic E-state index is 13.7. The van der Waals surface area contributed by atoms with Crippen molar-refractivity contribution < 1.29 is 18.0 Å². The van der Waals surface area contributed by atoms with Gasteiger partial charge in [0.1, 0.15) is 0 Å². The first-order chi connectivity index (χ1) is 13.1. The third-order valence-corrected chi connectivity index (χ3v) is 5.11. The van der Waals surface area contributed by atoms with Crippen LogP contribution < -0.4 is 5.32 Å². The van der Waals surface area contributed by atoms with Crippen molar-refractivity contribution in [2.24, 2.45) is 5.92 Å². The van der Waals surface area contributed by atoms with E-state index in [1.165, 1.54) is 0 Å². The summed E-state index contributed by atoms with van der Waals surface area (Å²) in [6.45, 7) is 4.20. The highest BCUT2D eigenvalue weighted by Crippen LogP contribution is 2.34. The zero-order chi connectivity index (χ0) is 20.6. The molecule has 10 heteroatoms. The number of alkyl halides is 3. The molecular formula is C18H15Br2F3N4O. The Bertz CT molecular complexity index is 1030. The molecule has 1 aromatic carbocycles. The molecule has 0 radical (unpaired) electrons. The molecule has 28 heavy (non-hydrogen) atoms. The Labute approximate surface area is 175 Å². The third kappa shape index (κ3) is 4.22. The molecule has 0 aliphatic carbocycles. The van der Waals surface area contributed by atoms with Crippen molar-refractivity contribution in [1.29, 1.82) is 0 Å². The highest BCUT2D eigenvalue weighted by Gasteiger charge is 2.36. The van der Waals surface area contributed by atoms with Gasteiger partial charge in [-0.25, -0.2) is 9.50 Å². The van der Waals surface area contributed by atoms with Crippen LogP contribution in [0.4, 0.5) is 13.2 Å². The number of amides is 1. The average Bonchev–Trinajstić information content (AvgIpc) is 2.95. The molecule has 0 fully saturated rings. The fraction of sp³-hybridized carbons (Fsp3) is 0.278. The zero-order valence-electron chi connectivity index (χ0n) is 14.8. The van der Waals surface area contributed by atoms with Gasteiger partial charge in [0.15, 0.2) is 17.0 Å². The summed E-state index contributed by atoms with van der Waals surface area (Å²) in [5.74, 6) is -0.378. The number of hydrogen-bond donors (Lipinski definition) is 1. The average molecular weight is 520 g/mol. The Balaban J connectivity index is 2.18. The van der Waals surface area contributed by atoms with Crippen molar-refractivity contribution in [3.8, 4) is 11.3 Å². The monoisotopic (exact) mass is 518 g/mol. The second-order valence-electron chi connectivity index (χ2n) is 6.53. The molecule has 0 bridgehead atoms. The van der Waals surface area contributed by atoms with Crippen LogP contribution in [-0.2, 0) is 6.18 Å². The van der Waals surface area contributed by atoms with E-state index in [1.807, 2.05) is 13.8 Å². The number of nitrogens with one attached hydrogen (secondary N) is 1. The summed E-state index contributed by atoms with van der Waals surface area (Å²) in [6, 6.07) is 7.66. The Morgan fingerprint density at radius 2 is 1.86 bits per heavy atom. The van der Waals surface area contributed by atoms with Crippen LogP contribution >= 0.6 is 31.9 Å². The van der Waals surface area contributed by atoms with Gasteiger partial charge in [-0.3, -0.25) is 4.79 Å². The minimum atomic E-state index is -4.68. The molecular weight excluding hydrogens is 505 g/mol. The fourth-order valence-electron chi connectivity index (χ4n) is 2.49. The first-order valence-corrected chi connectivity index (χ1v) is 9.87. The molecule has 0 aliphatic rings. The van der Waals surface area contributed by atoms with Crippen LogP contribution in [0.15, 0.2) is 39.3 Å². The van der Waals surface area contributed by atoms with Gasteiger partial charge in [-0.15, -0.1) is 0 Å². The third-order valence-electron chi connectivity index (χ3n) is 3.85. The van der Waals surface area contributed by atoms with E-state index >= 15 is 0 Å². The quantitative estimate of drug-likeness (QED) is 0.507. The first-order valence-electron chi connectivity index (χ1n) is 8.28. The van der Waals surface area contributed by atoms with E-state index in [0.717, 1.165) is 10.5 Å². The smallest absolute Gasteiger partial charge is 0.350 e. The number of nitrogens with zero attached hydrogens (tertiary/aromatic N) is 3. The number of carbonyl (C=O) groups is 1. The van der Waals surface area contributed by atoms with Crippen LogP contribution in [0.5, 0.6) is 0 Å². The minimum absolute atomic E-state index is 0.0811. The van der Waals surface area contributed by atoms with Crippen LogP contribution in [-0.4, -0.2) is 27.0 Å². The number of carbonyl (C=O) groups excluding carboxylic acids is 1. The van der Waals surface area contributed by atoms with E-state index in [9.17, 15) is 18.0 Å². The van der Waals surface area contributed by atoms with E-state index in [2.05, 4.69) is 47.3 Å². The number of rotatable bonds is 4. The first kappa shape index (κ1) is 20.8. The summed E-state index contributed by atoms with van der Waals surface area (Å²) in [4.78, 5) is 16.7. The molecule has 3 rings (SSSR count). The Morgan fingerprint density at radius 3 is 2.43 bits per heavy atom. The van der Waals surface area contributed by atoms with Gasteiger partial charge < -0.3 is 5.32 Å². The van der Waals surface area contributed by atoms with Gasteiger partial charge in [0.05, 0.1) is 10.2 Å². The number of halogens is 5. The molecule has 2 heterocycles. The molecule has 0 aliphatic heterocycles. The van der Waals surface area contributed by atoms with E-state index in [1.54, 1.807) is 24.3 Å². The number of fused-ring (bicyclic) bond motifs is 1. The van der Waals surface area contributed by atoms with E-state index in [0.29, 0.717) is 16.6 Å². The van der Waals surface area contributed by atoms with Crippen molar-refractivity contribution in [3.05, 3.63) is 50.7 Å². The highest BCUT2D eigenvalue weighted by molar-refractivity contribution is 9.11. The van der Waals surface area contributed by atoms with Crippen molar-refractivity contribution in [1.82, 2.24) is 19.9 Å². The summed E-state index contributed by atoms with van der Waals surface area (Å²) in [6.07, 6.45) is -4.68. The van der Waals surface area contributed by atoms with Crippen molar-refractivity contribution in [2.75, 3.05) is 6.54 Å². The molecule has 0 atom stereocenters. The number of benzene rings is 1. The van der Waals surface area contributed by atoms with E-state index in [-0.39, 0.29) is 27.4 Å². The number of hydrogen-bond acceptors (Lipinski definition) is 3. The Morgan fingerprint density at radius 1 is 1.21 bits per heavy atom. The second-order valence-corrected chi connectivity index (χ2v) is 8.24. The predicted octanol–water partition coefficient (Wildman–Crippen LogP) is 5.33. The van der Waals surface area contributed by atoms with Gasteiger partial charge >= 0.3 is 6.18 Å². The standard InChI is InChI=1S/C18H15Br2F3N4O/c1-9(2)8-24-17(28)15-14(20)16-25-12(10-3-5-11(19)6-4-10)7-13(18(21,22)23)27(16)26-15/h3-7,9H,8H2,1-2H3,(H,24,28). The summed E-state index contributed by atoms with van der Waals surface area (Å²) in [5, 5.41) is 6.53. The fourth-order valence-corrected chi connectivity index (χ4v) is 3.27. The van der Waals surface area contributed by atoms with Gasteiger partial charge in [-0.2, -0.15) is 18.3 Å². The number of aromatic nitrogens is 3. The van der Waals surface area contributed by atoms with Crippen LogP contribution in [0.1, 0.15) is 30.0 Å². The Hall–Kier alpha value is -1.94. The summed E-state index contributed by atoms with van der Waals surface area (Å²) >= 11 is 6.49. The van der Waals surface area contributed by atoms with E-state index in [4.69, 9.17) is 0 Å². The topological polar surface area (TPSA) is 59.3 Å². The largest absolute Gasteiger partial charge is 0.433 e. The molecule has 0 spiro atoms. The highest BCUT2D eigenvalue weighted by atomic mass is 79.9. The Kier molecular flexibility index (Phi) is 5.81. The predicted molar refractivity (Wildman–Crippen MR) is 106 cm³/mol. The summed E-state index contributed by atoms with van der Waals surface area (Å²) in [5.41, 5.74) is -0.606. The lowest BCUT2D eigenvalue weighted by Crippen LogP contribution is -2.28. The van der Waals surface area contributed by atoms with Crippen LogP contribution in [0.25, 0.3) is 16.9 Å². The molecule has 0 saturated carbocycles. The van der Waals surface area contributed by atoms with Gasteiger partial charge in [-0.1, -0.05) is 41.9 Å². The molecule has 1 N–H and O–H groups in total. The van der Waals surface area contributed by atoms with Crippen molar-refractivity contribution in [2.45, 2.75) is 20.0 Å². The maximum absolute atomic E-state index is 13.7. The van der Waals surface area contributed by atoms with Crippen LogP contribution in [0.3, 0.4) is 0 Å². The second kappa shape index (κ2) is 7.82. The van der Waals surface area contributed by atoms with Gasteiger partial charge in [0.25, 0.3) is 5.91 Å². The minimum Gasteiger partial charge on any atom is -0.350 e. The maximum Gasteiger partial charge on any atom is 0.433 e. The van der Waals surface area contributed by atoms with Gasteiger partial charge in [-0.05, 0) is 40.0 Å². The molecule has 2 aromatic heterocycles. The van der Waals surface area contributed by atoms with Crippen LogP contribution in [0, 0.1) is 5.92 Å². The lowest BCUT2D eigenvalue weighted by atomic mass is 10.1. The van der Waals surface area contributed by atoms with Crippen molar-refractivity contribution in [3.63, 3.8) is 0 Å². The van der Waals surface area contributed by atoms with Gasteiger partial charge in [0.2, 0.25) is 0 Å². The zero-order valence-corrected chi connectivity index (χ0v) is 18.0. The summed E-state index contributed by atoms with van der Waals surface area (Å²) in [7, 11) is 0. The van der Waals surface area contributed by atoms with Crippen LogP contribution in [0.2, 0.25) is 0 Å². The normalized spacial score (nSPS) is 12.0. The SMILES string of the molecule is CC(C)CNC(=O)c1nn2c(C(F)(F)F)cc(-c3ccc(Br)cc3)nc2c1Br. The molecule has 1 amide bonds. The lowest BCUT2D eigenvalue weighted by Gasteiger charge is -2.11. The molecule has 148 valence electrons. The summed E-state index contributed by atoms with van der Waals surface area (Å²) < 4.78 is 42.5. The molecule has 0 unspecified atom stereocenters.